The third kappa shape index (κ3) is 3.70. The van der Waals surface area contributed by atoms with Crippen molar-refractivity contribution in [2.24, 2.45) is 0 Å². The summed E-state index contributed by atoms with van der Waals surface area (Å²) in [5.41, 5.74) is 2.68. The topological polar surface area (TPSA) is 58.6 Å². The highest BCUT2D eigenvalue weighted by Gasteiger charge is 2.20. The number of methoxy groups -OCH3 is 1. The van der Waals surface area contributed by atoms with E-state index in [1.807, 2.05) is 6.07 Å². The van der Waals surface area contributed by atoms with Crippen LogP contribution in [0.4, 0.5) is 0 Å². The van der Waals surface area contributed by atoms with Crippen LogP contribution in [0.25, 0.3) is 0 Å². The molecule has 0 bridgehead atoms. The molecule has 0 amide bonds. The predicted molar refractivity (Wildman–Crippen MR) is 73.5 cm³/mol. The van der Waals surface area contributed by atoms with E-state index >= 15 is 0 Å². The Labute approximate surface area is 113 Å². The quantitative estimate of drug-likeness (QED) is 0.774. The fourth-order valence-corrected chi connectivity index (χ4v) is 2.63. The maximum absolute atomic E-state index is 10.5. The molecule has 1 unspecified atom stereocenters. The van der Waals surface area contributed by atoms with E-state index in [9.17, 15) is 4.79 Å². The molecule has 1 aliphatic rings. The lowest BCUT2D eigenvalue weighted by Gasteiger charge is -2.27. The lowest BCUT2D eigenvalue weighted by atomic mass is 9.87. The predicted octanol–water partition coefficient (Wildman–Crippen LogP) is 2.53. The van der Waals surface area contributed by atoms with Gasteiger partial charge in [-0.05, 0) is 55.5 Å². The average molecular weight is 263 g/mol. The molecule has 1 aliphatic carbocycles. The molecule has 0 saturated carbocycles. The Hall–Kier alpha value is -1.55. The van der Waals surface area contributed by atoms with Crippen molar-refractivity contribution < 1.29 is 14.6 Å². The zero-order valence-corrected chi connectivity index (χ0v) is 11.3. The lowest BCUT2D eigenvalue weighted by Crippen LogP contribution is -2.26. The van der Waals surface area contributed by atoms with E-state index in [2.05, 4.69) is 17.4 Å². The zero-order valence-electron chi connectivity index (χ0n) is 11.3. The van der Waals surface area contributed by atoms with Gasteiger partial charge in [0.25, 0.3) is 0 Å². The summed E-state index contributed by atoms with van der Waals surface area (Å²) in [6.45, 7) is 0.744. The summed E-state index contributed by atoms with van der Waals surface area (Å²) >= 11 is 0. The molecule has 0 fully saturated rings. The number of carboxylic acid groups (broad SMARTS) is 1. The van der Waals surface area contributed by atoms with E-state index < -0.39 is 5.97 Å². The Kier molecular flexibility index (Phi) is 4.80. The van der Waals surface area contributed by atoms with Crippen LogP contribution in [0.15, 0.2) is 18.2 Å². The van der Waals surface area contributed by atoms with Gasteiger partial charge in [-0.25, -0.2) is 0 Å². The number of fused-ring (bicyclic) bond motifs is 1. The maximum Gasteiger partial charge on any atom is 0.303 e. The molecule has 4 heteroatoms. The van der Waals surface area contributed by atoms with Crippen LogP contribution in [0.1, 0.15) is 42.9 Å². The normalized spacial score (nSPS) is 17.8. The number of hydrogen-bond donors (Lipinski definition) is 2. The summed E-state index contributed by atoms with van der Waals surface area (Å²) < 4.78 is 5.28. The first-order valence-electron chi connectivity index (χ1n) is 6.82. The van der Waals surface area contributed by atoms with Crippen LogP contribution >= 0.6 is 0 Å². The van der Waals surface area contributed by atoms with Crippen LogP contribution in [-0.2, 0) is 11.2 Å². The van der Waals surface area contributed by atoms with Gasteiger partial charge in [0.1, 0.15) is 5.75 Å². The van der Waals surface area contributed by atoms with Gasteiger partial charge in [0.05, 0.1) is 7.11 Å². The van der Waals surface area contributed by atoms with E-state index in [0.29, 0.717) is 12.5 Å². The van der Waals surface area contributed by atoms with Gasteiger partial charge in [-0.3, -0.25) is 4.79 Å². The number of nitrogens with one attached hydrogen (secondary N) is 1. The highest BCUT2D eigenvalue weighted by molar-refractivity contribution is 5.66. The molecule has 0 saturated heterocycles. The molecular formula is C15H21NO3. The molecular weight excluding hydrogens is 242 g/mol. The van der Waals surface area contributed by atoms with Gasteiger partial charge in [0, 0.05) is 12.5 Å². The number of rotatable bonds is 6. The summed E-state index contributed by atoms with van der Waals surface area (Å²) in [5, 5.41) is 12.1. The van der Waals surface area contributed by atoms with Crippen molar-refractivity contribution in [2.45, 2.75) is 38.1 Å². The Morgan fingerprint density at radius 1 is 1.53 bits per heavy atom. The number of aliphatic carboxylic acids is 1. The Morgan fingerprint density at radius 2 is 2.37 bits per heavy atom. The van der Waals surface area contributed by atoms with Gasteiger partial charge in [-0.2, -0.15) is 0 Å². The number of benzene rings is 1. The minimum Gasteiger partial charge on any atom is -0.497 e. The second kappa shape index (κ2) is 6.57. The summed E-state index contributed by atoms with van der Waals surface area (Å²) in [4.78, 5) is 10.5. The van der Waals surface area contributed by atoms with Crippen molar-refractivity contribution >= 4 is 5.97 Å². The molecule has 104 valence electrons. The van der Waals surface area contributed by atoms with Gasteiger partial charge in [0.2, 0.25) is 0 Å². The molecule has 0 aliphatic heterocycles. The van der Waals surface area contributed by atoms with Crippen LogP contribution in [0, 0.1) is 0 Å². The standard InChI is InChI=1S/C15H21NO3/c1-19-12-8-7-11-4-2-5-14(13(11)10-12)16-9-3-6-15(17)18/h7-8,10,14,16H,2-6,9H2,1H3,(H,17,18). The third-order valence-electron chi connectivity index (χ3n) is 3.63. The van der Waals surface area contributed by atoms with E-state index in [1.165, 1.54) is 17.5 Å². The highest BCUT2D eigenvalue weighted by atomic mass is 16.5. The molecule has 4 nitrogen and oxygen atoms in total. The minimum atomic E-state index is -0.729. The van der Waals surface area contributed by atoms with E-state index in [4.69, 9.17) is 9.84 Å². The maximum atomic E-state index is 10.5. The molecule has 0 spiro atoms. The Balaban J connectivity index is 1.98. The molecule has 2 N–H and O–H groups in total. The van der Waals surface area contributed by atoms with Crippen molar-refractivity contribution in [2.75, 3.05) is 13.7 Å². The molecule has 19 heavy (non-hydrogen) atoms. The molecule has 0 aromatic heterocycles. The first-order valence-corrected chi connectivity index (χ1v) is 6.82. The molecule has 0 heterocycles. The molecule has 1 atom stereocenters. The van der Waals surface area contributed by atoms with Crippen LogP contribution in [0.3, 0.4) is 0 Å². The summed E-state index contributed by atoms with van der Waals surface area (Å²) in [6.07, 6.45) is 4.30. The third-order valence-corrected chi connectivity index (χ3v) is 3.63. The van der Waals surface area contributed by atoms with Gasteiger partial charge in [0.15, 0.2) is 0 Å². The van der Waals surface area contributed by atoms with Gasteiger partial charge >= 0.3 is 5.97 Å². The largest absolute Gasteiger partial charge is 0.497 e. The lowest BCUT2D eigenvalue weighted by molar-refractivity contribution is -0.137. The van der Waals surface area contributed by atoms with Crippen molar-refractivity contribution in [1.29, 1.82) is 0 Å². The van der Waals surface area contributed by atoms with Gasteiger partial charge in [-0.15, -0.1) is 0 Å². The number of hydrogen-bond acceptors (Lipinski definition) is 3. The summed E-state index contributed by atoms with van der Waals surface area (Å²) in [7, 11) is 1.68. The average Bonchev–Trinajstić information content (AvgIpc) is 2.43. The first-order chi connectivity index (χ1) is 9.20. The van der Waals surface area contributed by atoms with Crippen LogP contribution < -0.4 is 10.1 Å². The Bertz CT molecular complexity index is 445. The van der Waals surface area contributed by atoms with Crippen LogP contribution in [0.5, 0.6) is 5.75 Å². The number of aryl methyl sites for hydroxylation is 1. The van der Waals surface area contributed by atoms with Crippen molar-refractivity contribution in [3.8, 4) is 5.75 Å². The summed E-state index contributed by atoms with van der Waals surface area (Å²) in [6, 6.07) is 6.57. The first kappa shape index (κ1) is 13.9. The minimum absolute atomic E-state index is 0.227. The van der Waals surface area contributed by atoms with E-state index in [1.54, 1.807) is 7.11 Å². The van der Waals surface area contributed by atoms with Gasteiger partial charge < -0.3 is 15.2 Å². The van der Waals surface area contributed by atoms with Crippen LogP contribution in [0.2, 0.25) is 0 Å². The van der Waals surface area contributed by atoms with Crippen molar-refractivity contribution in [1.82, 2.24) is 5.32 Å². The summed E-state index contributed by atoms with van der Waals surface area (Å²) in [5.74, 6) is 0.158. The Morgan fingerprint density at radius 3 is 3.11 bits per heavy atom. The molecule has 2 rings (SSSR count). The van der Waals surface area contributed by atoms with Crippen molar-refractivity contribution in [3.63, 3.8) is 0 Å². The van der Waals surface area contributed by atoms with Gasteiger partial charge in [-0.1, -0.05) is 6.07 Å². The van der Waals surface area contributed by atoms with E-state index in [0.717, 1.165) is 25.1 Å². The van der Waals surface area contributed by atoms with E-state index in [-0.39, 0.29) is 6.42 Å². The fraction of sp³-hybridized carbons (Fsp3) is 0.533. The monoisotopic (exact) mass is 263 g/mol. The smallest absolute Gasteiger partial charge is 0.303 e. The molecule has 1 aromatic rings. The number of carbonyl (C=O) groups is 1. The molecule has 1 aromatic carbocycles. The molecule has 0 radical (unpaired) electrons. The van der Waals surface area contributed by atoms with Crippen LogP contribution in [-0.4, -0.2) is 24.7 Å². The van der Waals surface area contributed by atoms with Crippen molar-refractivity contribution in [3.05, 3.63) is 29.3 Å². The number of carboxylic acids is 1. The zero-order chi connectivity index (χ0) is 13.7. The second-order valence-electron chi connectivity index (χ2n) is 4.96. The highest BCUT2D eigenvalue weighted by Crippen LogP contribution is 2.32. The second-order valence-corrected chi connectivity index (χ2v) is 4.96. The fourth-order valence-electron chi connectivity index (χ4n) is 2.63. The number of ether oxygens (including phenoxy) is 1. The SMILES string of the molecule is COc1ccc2c(c1)C(NCCCC(=O)O)CCC2.